The molecule has 4 aromatic rings. The van der Waals surface area contributed by atoms with Crippen LogP contribution in [0.3, 0.4) is 0 Å². The second-order valence-corrected chi connectivity index (χ2v) is 7.25. The molecule has 0 amide bonds. The first-order valence-corrected chi connectivity index (χ1v) is 9.56. The van der Waals surface area contributed by atoms with Crippen LogP contribution in [0.1, 0.15) is 13.3 Å². The number of nitrogens with zero attached hydrogens (tertiary/aromatic N) is 2. The molecule has 3 N–H and O–H groups in total. The molecule has 0 saturated heterocycles. The predicted octanol–water partition coefficient (Wildman–Crippen LogP) is 5.16. The second kappa shape index (κ2) is 7.33. The summed E-state index contributed by atoms with van der Waals surface area (Å²) >= 11 is 1.49. The van der Waals surface area contributed by atoms with E-state index in [1.165, 1.54) is 17.4 Å². The molecule has 0 spiro atoms. The zero-order chi connectivity index (χ0) is 19.7. The molecule has 0 radical (unpaired) electrons. The first kappa shape index (κ1) is 18.0. The number of halogens is 1. The number of hydrogen-bond donors (Lipinski definition) is 2. The Morgan fingerprint density at radius 3 is 2.89 bits per heavy atom. The number of terminal acetylenes is 1. The Morgan fingerprint density at radius 1 is 1.32 bits per heavy atom. The van der Waals surface area contributed by atoms with Crippen molar-refractivity contribution in [2.24, 2.45) is 0 Å². The Labute approximate surface area is 165 Å². The van der Waals surface area contributed by atoms with Crippen molar-refractivity contribution in [3.63, 3.8) is 0 Å². The number of fused-ring (bicyclic) bond motifs is 1. The van der Waals surface area contributed by atoms with Crippen LogP contribution in [0.2, 0.25) is 0 Å². The van der Waals surface area contributed by atoms with E-state index in [2.05, 4.69) is 21.4 Å². The summed E-state index contributed by atoms with van der Waals surface area (Å²) in [5.74, 6) is 2.45. The van der Waals surface area contributed by atoms with Gasteiger partial charge in [-0.25, -0.2) is 9.37 Å². The van der Waals surface area contributed by atoms with Gasteiger partial charge in [0.25, 0.3) is 0 Å². The van der Waals surface area contributed by atoms with E-state index in [1.54, 1.807) is 18.2 Å². The molecule has 2 aromatic carbocycles. The number of aromatic nitrogens is 2. The fraction of sp³-hybridized carbons (Fsp3) is 0.143. The highest BCUT2D eigenvalue weighted by Crippen LogP contribution is 2.39. The first-order chi connectivity index (χ1) is 13.6. The molecule has 4 rings (SSSR count). The SMILES string of the molecule is C#C[C@H](CC)Nc1nc2ccc(-c3c(-c4ccccc4F)noc3N)cc2s1. The molecule has 28 heavy (non-hydrogen) atoms. The summed E-state index contributed by atoms with van der Waals surface area (Å²) < 4.78 is 20.4. The van der Waals surface area contributed by atoms with Crippen molar-refractivity contribution in [3.05, 3.63) is 48.3 Å². The average Bonchev–Trinajstić information content (AvgIpc) is 3.28. The number of nitrogen functional groups attached to an aromatic ring is 1. The summed E-state index contributed by atoms with van der Waals surface area (Å²) in [4.78, 5) is 4.57. The fourth-order valence-corrected chi connectivity index (χ4v) is 3.93. The van der Waals surface area contributed by atoms with Crippen LogP contribution in [-0.4, -0.2) is 16.2 Å². The Bertz CT molecular complexity index is 1190. The third-order valence-electron chi connectivity index (χ3n) is 4.43. The van der Waals surface area contributed by atoms with Crippen molar-refractivity contribution in [2.45, 2.75) is 19.4 Å². The maximum atomic E-state index is 14.3. The van der Waals surface area contributed by atoms with Crippen LogP contribution in [0, 0.1) is 18.2 Å². The minimum atomic E-state index is -0.387. The van der Waals surface area contributed by atoms with Gasteiger partial charge in [0.2, 0.25) is 5.88 Å². The second-order valence-electron chi connectivity index (χ2n) is 6.22. The molecule has 5 nitrogen and oxygen atoms in total. The van der Waals surface area contributed by atoms with Crippen LogP contribution < -0.4 is 11.1 Å². The number of anilines is 2. The van der Waals surface area contributed by atoms with Crippen LogP contribution in [0.5, 0.6) is 0 Å². The molecular formula is C21H17FN4OS. The van der Waals surface area contributed by atoms with Crippen molar-refractivity contribution in [2.75, 3.05) is 11.1 Å². The van der Waals surface area contributed by atoms with Gasteiger partial charge in [-0.05, 0) is 36.2 Å². The molecule has 2 aromatic heterocycles. The Kier molecular flexibility index (Phi) is 4.72. The lowest BCUT2D eigenvalue weighted by Crippen LogP contribution is -2.15. The van der Waals surface area contributed by atoms with Crippen molar-refractivity contribution in [1.29, 1.82) is 0 Å². The Hall–Kier alpha value is -3.37. The van der Waals surface area contributed by atoms with Crippen LogP contribution in [0.25, 0.3) is 32.6 Å². The highest BCUT2D eigenvalue weighted by Gasteiger charge is 2.20. The minimum absolute atomic E-state index is 0.0681. The molecule has 0 fully saturated rings. The third kappa shape index (κ3) is 3.19. The summed E-state index contributed by atoms with van der Waals surface area (Å²) in [6.45, 7) is 2.02. The Morgan fingerprint density at radius 2 is 2.14 bits per heavy atom. The monoisotopic (exact) mass is 392 g/mol. The zero-order valence-corrected chi connectivity index (χ0v) is 15.9. The van der Waals surface area contributed by atoms with E-state index in [1.807, 2.05) is 25.1 Å². The van der Waals surface area contributed by atoms with Crippen molar-refractivity contribution in [3.8, 4) is 34.7 Å². The van der Waals surface area contributed by atoms with Crippen molar-refractivity contribution in [1.82, 2.24) is 10.1 Å². The molecule has 0 aliphatic heterocycles. The fourth-order valence-electron chi connectivity index (χ4n) is 2.97. The summed E-state index contributed by atoms with van der Waals surface area (Å²) in [6.07, 6.45) is 6.32. The predicted molar refractivity (Wildman–Crippen MR) is 111 cm³/mol. The summed E-state index contributed by atoms with van der Waals surface area (Å²) in [6, 6.07) is 12.0. The van der Waals surface area contributed by atoms with Crippen LogP contribution >= 0.6 is 11.3 Å². The smallest absolute Gasteiger partial charge is 0.230 e. The molecule has 0 unspecified atom stereocenters. The maximum absolute atomic E-state index is 14.3. The number of hydrogen-bond acceptors (Lipinski definition) is 6. The van der Waals surface area contributed by atoms with E-state index in [0.717, 1.165) is 27.3 Å². The van der Waals surface area contributed by atoms with E-state index >= 15 is 0 Å². The Balaban J connectivity index is 1.78. The lowest BCUT2D eigenvalue weighted by atomic mass is 10.0. The van der Waals surface area contributed by atoms with Gasteiger partial charge in [-0.2, -0.15) is 0 Å². The number of nitrogens with one attached hydrogen (secondary N) is 1. The molecular weight excluding hydrogens is 375 g/mol. The highest BCUT2D eigenvalue weighted by molar-refractivity contribution is 7.22. The molecule has 7 heteroatoms. The highest BCUT2D eigenvalue weighted by atomic mass is 32.1. The van der Waals surface area contributed by atoms with Crippen molar-refractivity contribution < 1.29 is 8.91 Å². The van der Waals surface area contributed by atoms with E-state index in [-0.39, 0.29) is 17.7 Å². The van der Waals surface area contributed by atoms with Gasteiger partial charge in [-0.1, -0.05) is 47.5 Å². The average molecular weight is 392 g/mol. The molecule has 0 saturated carbocycles. The van der Waals surface area contributed by atoms with Gasteiger partial charge < -0.3 is 15.6 Å². The number of thiazole rings is 1. The molecule has 1 atom stereocenters. The third-order valence-corrected chi connectivity index (χ3v) is 5.38. The van der Waals surface area contributed by atoms with Gasteiger partial charge in [0.05, 0.1) is 21.8 Å². The van der Waals surface area contributed by atoms with E-state index in [4.69, 9.17) is 16.7 Å². The molecule has 0 aliphatic carbocycles. The normalized spacial score (nSPS) is 12.0. The zero-order valence-electron chi connectivity index (χ0n) is 15.1. The van der Waals surface area contributed by atoms with Gasteiger partial charge in [-0.15, -0.1) is 6.42 Å². The largest absolute Gasteiger partial charge is 0.367 e. The minimum Gasteiger partial charge on any atom is -0.367 e. The van der Waals surface area contributed by atoms with Gasteiger partial charge in [0.15, 0.2) is 5.13 Å². The summed E-state index contributed by atoms with van der Waals surface area (Å²) in [7, 11) is 0. The standard InChI is InChI=1S/C21H17FN4OS/c1-3-13(4-2)24-21-25-16-10-9-12(11-17(16)28-21)18-19(26-27-20(18)23)14-7-5-6-8-15(14)22/h1,5-11,13H,4,23H2,2H3,(H,24,25)/t13-/m1/s1. The number of rotatable bonds is 5. The topological polar surface area (TPSA) is 77.0 Å². The number of nitrogens with two attached hydrogens (primary N) is 1. The molecule has 0 bridgehead atoms. The number of benzene rings is 2. The van der Waals surface area contributed by atoms with E-state index < -0.39 is 0 Å². The van der Waals surface area contributed by atoms with Crippen LogP contribution in [0.15, 0.2) is 47.0 Å². The van der Waals surface area contributed by atoms with E-state index in [0.29, 0.717) is 16.8 Å². The van der Waals surface area contributed by atoms with Gasteiger partial charge in [0.1, 0.15) is 11.5 Å². The molecule has 2 heterocycles. The summed E-state index contributed by atoms with van der Waals surface area (Å²) in [5.41, 5.74) is 8.90. The lowest BCUT2D eigenvalue weighted by Gasteiger charge is -2.07. The lowest BCUT2D eigenvalue weighted by molar-refractivity contribution is 0.439. The van der Waals surface area contributed by atoms with Crippen LogP contribution in [-0.2, 0) is 0 Å². The molecule has 0 aliphatic rings. The quantitative estimate of drug-likeness (QED) is 0.459. The van der Waals surface area contributed by atoms with Gasteiger partial charge >= 0.3 is 0 Å². The van der Waals surface area contributed by atoms with E-state index in [9.17, 15) is 4.39 Å². The van der Waals surface area contributed by atoms with Gasteiger partial charge in [0, 0.05) is 5.56 Å². The summed E-state index contributed by atoms with van der Waals surface area (Å²) in [5, 5.41) is 7.98. The molecule has 140 valence electrons. The first-order valence-electron chi connectivity index (χ1n) is 8.74. The van der Waals surface area contributed by atoms with Crippen molar-refractivity contribution >= 4 is 32.6 Å². The van der Waals surface area contributed by atoms with Gasteiger partial charge in [-0.3, -0.25) is 0 Å². The maximum Gasteiger partial charge on any atom is 0.230 e. The van der Waals surface area contributed by atoms with Crippen LogP contribution in [0.4, 0.5) is 15.4 Å².